The number of quaternary nitrogens is 1. The Morgan fingerprint density at radius 1 is 0.667 bits per heavy atom. The molecule has 1 saturated heterocycles. The molecule has 6 heteroatoms. The molecular weight excluding hydrogens is 469 g/mol. The number of piperidine rings is 1. The zero-order valence-electron chi connectivity index (χ0n) is 24.1. The van der Waals surface area contributed by atoms with Gasteiger partial charge < -0.3 is 9.38 Å². The van der Waals surface area contributed by atoms with E-state index in [0.717, 1.165) is 37.0 Å². The van der Waals surface area contributed by atoms with Gasteiger partial charge in [0.25, 0.3) is 0 Å². The Morgan fingerprint density at radius 2 is 1.11 bits per heavy atom. The van der Waals surface area contributed by atoms with Crippen LogP contribution < -0.4 is 0 Å². The molecule has 0 aromatic rings. The van der Waals surface area contributed by atoms with Gasteiger partial charge in [0.15, 0.2) is 0 Å². The summed E-state index contributed by atoms with van der Waals surface area (Å²) in [6.07, 6.45) is 31.8. The first kappa shape index (κ1) is 33.8. The van der Waals surface area contributed by atoms with E-state index in [9.17, 15) is 9.46 Å². The molecule has 5 nitrogen and oxygen atoms in total. The molecule has 0 saturated carbocycles. The molecule has 0 aromatic carbocycles. The van der Waals surface area contributed by atoms with E-state index in [-0.39, 0.29) is 0 Å². The SMILES string of the molecule is CCCCCCCCC=CCCCCCCCCCCCCOP(=O)(O)OCC[N+]1(C)CCCCC1. The predicted molar refractivity (Wildman–Crippen MR) is 154 cm³/mol. The van der Waals surface area contributed by atoms with E-state index in [0.29, 0.717) is 13.2 Å². The van der Waals surface area contributed by atoms with E-state index < -0.39 is 7.82 Å². The summed E-state index contributed by atoms with van der Waals surface area (Å²) < 4.78 is 23.4. The van der Waals surface area contributed by atoms with Crippen LogP contribution in [0.15, 0.2) is 12.2 Å². The number of likely N-dealkylation sites (N-methyl/N-ethyl adjacent to an activating group) is 1. The average molecular weight is 531 g/mol. The summed E-state index contributed by atoms with van der Waals surface area (Å²) in [5.74, 6) is 0. The van der Waals surface area contributed by atoms with Crippen LogP contribution in [0, 0.1) is 0 Å². The topological polar surface area (TPSA) is 55.8 Å². The van der Waals surface area contributed by atoms with Gasteiger partial charge in [0.2, 0.25) is 0 Å². The molecule has 0 spiro atoms. The maximum Gasteiger partial charge on any atom is 0.472 e. The smallest absolute Gasteiger partial charge is 0.324 e. The number of unbranched alkanes of at least 4 members (excludes halogenated alkanes) is 16. The van der Waals surface area contributed by atoms with E-state index in [1.807, 2.05) is 0 Å². The van der Waals surface area contributed by atoms with Crippen LogP contribution in [0.2, 0.25) is 0 Å². The number of allylic oxidation sites excluding steroid dienone is 2. The molecular formula is C30H61NO4P+. The molecule has 1 rings (SSSR count). The summed E-state index contributed by atoms with van der Waals surface area (Å²) in [6.45, 7) is 5.93. The molecule has 1 aliphatic rings. The van der Waals surface area contributed by atoms with Crippen molar-refractivity contribution in [2.75, 3.05) is 39.9 Å². The van der Waals surface area contributed by atoms with Crippen LogP contribution in [0.1, 0.15) is 142 Å². The highest BCUT2D eigenvalue weighted by Gasteiger charge is 2.27. The summed E-state index contributed by atoms with van der Waals surface area (Å²) in [6, 6.07) is 0. The van der Waals surface area contributed by atoms with Crippen molar-refractivity contribution in [1.82, 2.24) is 0 Å². The van der Waals surface area contributed by atoms with Crippen LogP contribution in [0.4, 0.5) is 0 Å². The van der Waals surface area contributed by atoms with Gasteiger partial charge in [0, 0.05) is 0 Å². The van der Waals surface area contributed by atoms with Crippen molar-refractivity contribution >= 4 is 7.82 Å². The zero-order valence-corrected chi connectivity index (χ0v) is 25.0. The first-order valence-electron chi connectivity index (χ1n) is 15.6. The summed E-state index contributed by atoms with van der Waals surface area (Å²) >= 11 is 0. The molecule has 1 atom stereocenters. The van der Waals surface area contributed by atoms with Crippen molar-refractivity contribution in [1.29, 1.82) is 0 Å². The molecule has 36 heavy (non-hydrogen) atoms. The van der Waals surface area contributed by atoms with Gasteiger partial charge in [-0.25, -0.2) is 4.57 Å². The minimum Gasteiger partial charge on any atom is -0.324 e. The van der Waals surface area contributed by atoms with Gasteiger partial charge in [-0.2, -0.15) is 0 Å². The van der Waals surface area contributed by atoms with Crippen molar-refractivity contribution < 1.29 is 23.0 Å². The lowest BCUT2D eigenvalue weighted by Gasteiger charge is -2.37. The molecule has 0 radical (unpaired) electrons. The minimum absolute atomic E-state index is 0.292. The minimum atomic E-state index is -3.90. The Kier molecular flexibility index (Phi) is 21.4. The normalized spacial score (nSPS) is 17.5. The predicted octanol–water partition coefficient (Wildman–Crippen LogP) is 9.35. The number of phosphoric acid groups is 1. The Morgan fingerprint density at radius 3 is 1.64 bits per heavy atom. The van der Waals surface area contributed by atoms with Crippen molar-refractivity contribution in [2.45, 2.75) is 142 Å². The maximum absolute atomic E-state index is 12.1. The highest BCUT2D eigenvalue weighted by Crippen LogP contribution is 2.43. The van der Waals surface area contributed by atoms with Crippen LogP contribution in [-0.2, 0) is 13.6 Å². The summed E-state index contributed by atoms with van der Waals surface area (Å²) in [4.78, 5) is 9.89. The molecule has 0 aromatic heterocycles. The standard InChI is InChI=1S/C30H60NO4P/c1-3-4-5-6-7-8-9-10-11-12-13-14-15-16-17-18-19-20-21-25-29-34-36(32,33)35-30-28-31(2)26-23-22-24-27-31/h10-11H,3-9,12-30H2,1-2H3/p+1. The lowest BCUT2D eigenvalue weighted by atomic mass is 10.1. The van der Waals surface area contributed by atoms with E-state index in [4.69, 9.17) is 9.05 Å². The monoisotopic (exact) mass is 530 g/mol. The molecule has 1 heterocycles. The Balaban J connectivity index is 1.80. The van der Waals surface area contributed by atoms with Gasteiger partial charge in [-0.15, -0.1) is 0 Å². The number of hydrogen-bond acceptors (Lipinski definition) is 3. The highest BCUT2D eigenvalue weighted by atomic mass is 31.2. The van der Waals surface area contributed by atoms with Crippen molar-refractivity contribution in [2.24, 2.45) is 0 Å². The van der Waals surface area contributed by atoms with Gasteiger partial charge in [-0.05, 0) is 51.4 Å². The number of rotatable bonds is 25. The van der Waals surface area contributed by atoms with E-state index in [2.05, 4.69) is 26.1 Å². The Bertz CT molecular complexity index is 563. The maximum atomic E-state index is 12.1. The third kappa shape index (κ3) is 20.8. The van der Waals surface area contributed by atoms with Crippen molar-refractivity contribution in [3.8, 4) is 0 Å². The van der Waals surface area contributed by atoms with Crippen LogP contribution in [-0.4, -0.2) is 49.3 Å². The van der Waals surface area contributed by atoms with Crippen LogP contribution in [0.5, 0.6) is 0 Å². The summed E-state index contributed by atoms with van der Waals surface area (Å²) in [5, 5.41) is 0. The molecule has 1 fully saturated rings. The third-order valence-corrected chi connectivity index (χ3v) is 8.71. The fourth-order valence-electron chi connectivity index (χ4n) is 5.15. The fourth-order valence-corrected chi connectivity index (χ4v) is 5.90. The first-order valence-corrected chi connectivity index (χ1v) is 17.1. The Hall–Kier alpha value is -0.190. The molecule has 1 aliphatic heterocycles. The largest absolute Gasteiger partial charge is 0.472 e. The number of hydrogen-bond donors (Lipinski definition) is 1. The van der Waals surface area contributed by atoms with Crippen LogP contribution in [0.25, 0.3) is 0 Å². The lowest BCUT2D eigenvalue weighted by Crippen LogP contribution is -2.49. The van der Waals surface area contributed by atoms with E-state index >= 15 is 0 Å². The van der Waals surface area contributed by atoms with Gasteiger partial charge in [0.1, 0.15) is 13.2 Å². The number of nitrogens with zero attached hydrogens (tertiary/aromatic N) is 1. The van der Waals surface area contributed by atoms with E-state index in [1.165, 1.54) is 122 Å². The quantitative estimate of drug-likeness (QED) is 0.0553. The number of phosphoric ester groups is 1. The van der Waals surface area contributed by atoms with Gasteiger partial charge >= 0.3 is 7.82 Å². The van der Waals surface area contributed by atoms with Crippen LogP contribution in [0.3, 0.4) is 0 Å². The summed E-state index contributed by atoms with van der Waals surface area (Å²) in [5.41, 5.74) is 0. The van der Waals surface area contributed by atoms with Gasteiger partial charge in [-0.3, -0.25) is 9.05 Å². The average Bonchev–Trinajstić information content (AvgIpc) is 2.85. The second-order valence-electron chi connectivity index (χ2n) is 11.3. The van der Waals surface area contributed by atoms with Gasteiger partial charge in [0.05, 0.1) is 26.7 Å². The Labute approximate surface area is 224 Å². The first-order chi connectivity index (χ1) is 17.5. The zero-order chi connectivity index (χ0) is 26.2. The second kappa shape index (κ2) is 22.8. The van der Waals surface area contributed by atoms with Crippen molar-refractivity contribution in [3.63, 3.8) is 0 Å². The third-order valence-electron chi connectivity index (χ3n) is 7.69. The molecule has 0 aliphatic carbocycles. The second-order valence-corrected chi connectivity index (χ2v) is 12.8. The highest BCUT2D eigenvalue weighted by molar-refractivity contribution is 7.47. The molecule has 0 bridgehead atoms. The van der Waals surface area contributed by atoms with Gasteiger partial charge in [-0.1, -0.05) is 103 Å². The molecule has 1 N–H and O–H groups in total. The van der Waals surface area contributed by atoms with E-state index in [1.54, 1.807) is 0 Å². The number of likely N-dealkylation sites (tertiary alicyclic amines) is 1. The van der Waals surface area contributed by atoms with Crippen LogP contribution >= 0.6 is 7.82 Å². The summed E-state index contributed by atoms with van der Waals surface area (Å²) in [7, 11) is -1.69. The fraction of sp³-hybridized carbons (Fsp3) is 0.933. The molecule has 0 amide bonds. The molecule has 1 unspecified atom stereocenters. The molecule has 214 valence electrons. The van der Waals surface area contributed by atoms with Crippen molar-refractivity contribution in [3.05, 3.63) is 12.2 Å². The lowest BCUT2D eigenvalue weighted by molar-refractivity contribution is -0.914.